The van der Waals surface area contributed by atoms with Crippen molar-refractivity contribution in [2.45, 2.75) is 0 Å². The van der Waals surface area contributed by atoms with E-state index in [-0.39, 0.29) is 0 Å². The predicted molar refractivity (Wildman–Crippen MR) is 287 cm³/mol. The maximum absolute atomic E-state index is 8.12. The average Bonchev–Trinajstić information content (AvgIpc) is 3.60. The van der Waals surface area contributed by atoms with Crippen LogP contribution in [0.25, 0.3) is 0 Å². The van der Waals surface area contributed by atoms with E-state index in [0.717, 1.165) is 0 Å². The molecule has 0 saturated carbocycles. The molecular weight excluding hydrogens is 1120 g/mol. The lowest BCUT2D eigenvalue weighted by Gasteiger charge is -2.60. The third kappa shape index (κ3) is 8.66. The van der Waals surface area contributed by atoms with Gasteiger partial charge in [0.05, 0.1) is 49.8 Å². The van der Waals surface area contributed by atoms with Gasteiger partial charge in [-0.05, 0) is 84.9 Å². The fraction of sp³-hybridized carbons (Fsp3) is 0.143. The number of ether oxygens (including phenoxy) is 7. The van der Waals surface area contributed by atoms with Crippen molar-refractivity contribution >= 4 is 107 Å². The van der Waals surface area contributed by atoms with E-state index in [9.17, 15) is 0 Å². The van der Waals surface area contributed by atoms with Crippen molar-refractivity contribution in [2.24, 2.45) is 0 Å². The first-order valence-electron chi connectivity index (χ1n) is 23.7. The maximum Gasteiger partial charge on any atom is 0.554 e. The molecule has 7 aromatic carbocycles. The van der Waals surface area contributed by atoms with Crippen molar-refractivity contribution in [2.75, 3.05) is 49.8 Å². The van der Waals surface area contributed by atoms with E-state index in [4.69, 9.17) is 82.5 Å². The predicted octanol–water partition coefficient (Wildman–Crippen LogP) is 2.22. The molecule has 7 aromatic rings. The Hall–Kier alpha value is -5.60. The molecule has 6 saturated heterocycles. The van der Waals surface area contributed by atoms with Crippen LogP contribution < -0.4 is 69.5 Å². The Kier molecular flexibility index (Phi) is 13.3. The highest BCUT2D eigenvalue weighted by Crippen LogP contribution is 2.47. The van der Waals surface area contributed by atoms with Crippen molar-refractivity contribution in [3.63, 3.8) is 0 Å². The number of hydrogen-bond donors (Lipinski definition) is 0. The number of benzene rings is 7. The summed E-state index contributed by atoms with van der Waals surface area (Å²) in [5.74, 6) is 3.82. The SMILES string of the molecule is COc1ccc([Si]23O[Si]4O[Si]5(c6ccc(OC)cc6)O[Si](c6ccc(OC)cc6)(O2)O[Si]2(c6ccc(OC)cc6)O[Si](c6ccc(OC)cc6)(O3)O[Si](c3ccc(OC)cc3)(O4)O[Si](c3ccc(OC)cc3)(O5)O2)cc1. The Balaban J connectivity index is 1.26. The van der Waals surface area contributed by atoms with E-state index in [1.165, 1.54) is 0 Å². The molecule has 6 heterocycles. The van der Waals surface area contributed by atoms with Gasteiger partial charge in [-0.1, -0.05) is 84.9 Å². The smallest absolute Gasteiger partial charge is 0.497 e. The van der Waals surface area contributed by atoms with Crippen molar-refractivity contribution in [1.82, 2.24) is 0 Å². The summed E-state index contributed by atoms with van der Waals surface area (Å²) in [7, 11) is -26.6. The van der Waals surface area contributed by atoms with Gasteiger partial charge in [0.15, 0.2) is 0 Å². The third-order valence-electron chi connectivity index (χ3n) is 13.2. The highest BCUT2D eigenvalue weighted by molar-refractivity contribution is 7.12. The van der Waals surface area contributed by atoms with Gasteiger partial charge in [0, 0.05) is 36.3 Å². The molecule has 76 heavy (non-hydrogen) atoms. The van der Waals surface area contributed by atoms with E-state index in [1.54, 1.807) is 207 Å². The van der Waals surface area contributed by atoms with Gasteiger partial charge in [-0.2, -0.15) is 0 Å². The quantitative estimate of drug-likeness (QED) is 0.145. The lowest BCUT2D eigenvalue weighted by molar-refractivity contribution is 0.00213. The molecule has 19 nitrogen and oxygen atoms in total. The molecule has 0 unspecified atom stereocenters. The molecular formula is C49H49O19Si8. The third-order valence-corrected chi connectivity index (χ3v) is 45.0. The molecule has 0 spiro atoms. The summed E-state index contributed by atoms with van der Waals surface area (Å²) < 4.78 is 135. The van der Waals surface area contributed by atoms with E-state index < -0.39 is 71.2 Å². The largest absolute Gasteiger partial charge is 0.554 e. The van der Waals surface area contributed by atoms with Gasteiger partial charge >= 0.3 is 71.2 Å². The lowest BCUT2D eigenvalue weighted by atomic mass is 10.3. The maximum atomic E-state index is 8.12. The highest BCUT2D eigenvalue weighted by Gasteiger charge is 2.84. The Morgan fingerprint density at radius 3 is 0.487 bits per heavy atom. The van der Waals surface area contributed by atoms with E-state index >= 15 is 0 Å². The summed E-state index contributed by atoms with van der Waals surface area (Å²) in [4.78, 5) is 0. The van der Waals surface area contributed by atoms with Crippen LogP contribution in [0, 0.1) is 0 Å². The zero-order valence-electron chi connectivity index (χ0n) is 41.9. The molecule has 0 amide bonds. The molecule has 0 atom stereocenters. The first-order valence-corrected chi connectivity index (χ1v) is 37.0. The number of methoxy groups -OCH3 is 7. The fourth-order valence-corrected chi connectivity index (χ4v) is 51.5. The van der Waals surface area contributed by atoms with Gasteiger partial charge in [0.2, 0.25) is 0 Å². The Bertz CT molecular complexity index is 2880. The van der Waals surface area contributed by atoms with Crippen molar-refractivity contribution in [1.29, 1.82) is 0 Å². The molecule has 0 aromatic heterocycles. The van der Waals surface area contributed by atoms with Crippen LogP contribution >= 0.6 is 0 Å². The summed E-state index contributed by atoms with van der Waals surface area (Å²) in [5.41, 5.74) is 0. The molecule has 6 aliphatic rings. The molecule has 6 aliphatic heterocycles. The Labute approximate surface area is 447 Å². The average molecular weight is 1170 g/mol. The summed E-state index contributed by atoms with van der Waals surface area (Å²) in [6.07, 6.45) is 0. The van der Waals surface area contributed by atoms with Crippen LogP contribution in [0.5, 0.6) is 40.2 Å². The standard InChI is InChI=1S/C49H49O19Si8/c1-50-36-8-22-43(23-9-36)70-57-69-58-71(44-24-10-37(51-2)11-25-44)62-73(60-70,46-28-14-39(53-4)15-29-46)66-76(49-34-20-42(56-7)21-35-49)67-74(61-70,47-30-16-40(54-5)17-31-47)63-72(59-69,45-26-12-38(52-3)13-27-45)65-75(64-71,68-76)48-32-18-41(55-6)19-33-48/h8-35H,1-7H3. The summed E-state index contributed by atoms with van der Waals surface area (Å²) in [5, 5.41) is 3.00. The molecule has 1 radical (unpaired) electrons. The number of hydrogen-bond acceptors (Lipinski definition) is 19. The van der Waals surface area contributed by atoms with Crippen LogP contribution in [0.15, 0.2) is 170 Å². The second-order valence-corrected chi connectivity index (χ2v) is 39.6. The van der Waals surface area contributed by atoms with E-state index in [2.05, 4.69) is 0 Å². The van der Waals surface area contributed by atoms with Crippen LogP contribution in [0.3, 0.4) is 0 Å². The van der Waals surface area contributed by atoms with Gasteiger partial charge in [-0.25, -0.2) is 0 Å². The van der Waals surface area contributed by atoms with Gasteiger partial charge in [-0.3, -0.25) is 0 Å². The zero-order valence-corrected chi connectivity index (χ0v) is 49.9. The molecule has 0 N–H and O–H groups in total. The van der Waals surface area contributed by atoms with Gasteiger partial charge in [-0.15, -0.1) is 0 Å². The van der Waals surface area contributed by atoms with Crippen LogP contribution in [0.4, 0.5) is 0 Å². The Morgan fingerprint density at radius 2 is 0.342 bits per heavy atom. The van der Waals surface area contributed by atoms with Crippen molar-refractivity contribution in [3.8, 4) is 40.2 Å². The molecule has 6 fully saturated rings. The van der Waals surface area contributed by atoms with Crippen LogP contribution in [0.1, 0.15) is 0 Å². The van der Waals surface area contributed by atoms with Crippen molar-refractivity contribution in [3.05, 3.63) is 170 Å². The first kappa shape index (κ1) is 51.2. The monoisotopic (exact) mass is 1170 g/mol. The summed E-state index contributed by atoms with van der Waals surface area (Å²) in [6.45, 7) is 0. The van der Waals surface area contributed by atoms with E-state index in [1.807, 2.05) is 12.1 Å². The molecule has 8 bridgehead atoms. The minimum atomic E-state index is -5.01. The van der Waals surface area contributed by atoms with Gasteiger partial charge in [0.1, 0.15) is 40.2 Å². The Morgan fingerprint density at radius 1 is 0.211 bits per heavy atom. The molecule has 391 valence electrons. The van der Waals surface area contributed by atoms with E-state index in [0.29, 0.717) is 76.6 Å². The number of rotatable bonds is 14. The van der Waals surface area contributed by atoms with Crippen LogP contribution in [-0.4, -0.2) is 121 Å². The second kappa shape index (κ2) is 19.7. The first-order chi connectivity index (χ1) is 36.9. The van der Waals surface area contributed by atoms with Gasteiger partial charge < -0.3 is 82.5 Å². The second-order valence-electron chi connectivity index (χ2n) is 17.5. The molecule has 0 aliphatic carbocycles. The highest BCUT2D eigenvalue weighted by atomic mass is 28.6. The minimum Gasteiger partial charge on any atom is -0.497 e. The van der Waals surface area contributed by atoms with Crippen LogP contribution in [0.2, 0.25) is 0 Å². The molecule has 13 rings (SSSR count). The topological polar surface area (TPSA) is 175 Å². The lowest BCUT2D eigenvalue weighted by Crippen LogP contribution is -2.94. The summed E-state index contributed by atoms with van der Waals surface area (Å²) in [6, 6.07) is 50.2. The normalized spacial score (nSPS) is 29.5. The zero-order chi connectivity index (χ0) is 52.4. The minimum absolute atomic E-state index is 0.415. The van der Waals surface area contributed by atoms with Crippen molar-refractivity contribution < 1.29 is 82.5 Å². The molecule has 27 heteroatoms. The van der Waals surface area contributed by atoms with Crippen LogP contribution in [-0.2, 0) is 49.4 Å². The fourth-order valence-electron chi connectivity index (χ4n) is 9.22. The summed E-state index contributed by atoms with van der Waals surface area (Å²) >= 11 is 0. The van der Waals surface area contributed by atoms with Gasteiger partial charge in [0.25, 0.3) is 0 Å².